The van der Waals surface area contributed by atoms with Crippen LogP contribution in [0.1, 0.15) is 19.8 Å². The number of hydrogen-bond acceptors (Lipinski definition) is 4. The van der Waals surface area contributed by atoms with Gasteiger partial charge in [0.15, 0.2) is 0 Å². The summed E-state index contributed by atoms with van der Waals surface area (Å²) in [6.45, 7) is 3.61. The van der Waals surface area contributed by atoms with Crippen molar-refractivity contribution in [3.8, 4) is 0 Å². The number of carboxylic acids is 1. The summed E-state index contributed by atoms with van der Waals surface area (Å²) in [5.41, 5.74) is 4.94. The molecule has 5 nitrogen and oxygen atoms in total. The van der Waals surface area contributed by atoms with Gasteiger partial charge in [-0.25, -0.2) is 0 Å². The highest BCUT2D eigenvalue weighted by molar-refractivity contribution is 5.78. The van der Waals surface area contributed by atoms with Crippen molar-refractivity contribution in [3.63, 3.8) is 0 Å². The van der Waals surface area contributed by atoms with E-state index in [-0.39, 0.29) is 6.04 Å². The fourth-order valence-corrected chi connectivity index (χ4v) is 1.94. The van der Waals surface area contributed by atoms with Crippen molar-refractivity contribution in [2.75, 3.05) is 26.8 Å². The number of nitrogens with zero attached hydrogens (tertiary/aromatic N) is 1. The first kappa shape index (κ1) is 12.4. The average Bonchev–Trinajstić information content (AvgIpc) is 2.61. The van der Waals surface area contributed by atoms with Crippen molar-refractivity contribution in [2.24, 2.45) is 5.73 Å². The fraction of sp³-hybridized carbons (Fsp3) is 0.900. The van der Waals surface area contributed by atoms with Crippen LogP contribution in [0.5, 0.6) is 0 Å². The Kier molecular flexibility index (Phi) is 4.07. The Morgan fingerprint density at radius 2 is 2.40 bits per heavy atom. The lowest BCUT2D eigenvalue weighted by Gasteiger charge is -2.34. The summed E-state index contributed by atoms with van der Waals surface area (Å²) in [7, 11) is 1.58. The quantitative estimate of drug-likeness (QED) is 0.671. The van der Waals surface area contributed by atoms with Gasteiger partial charge >= 0.3 is 5.97 Å². The largest absolute Gasteiger partial charge is 0.480 e. The molecule has 15 heavy (non-hydrogen) atoms. The van der Waals surface area contributed by atoms with Crippen LogP contribution < -0.4 is 5.73 Å². The third kappa shape index (κ3) is 2.68. The summed E-state index contributed by atoms with van der Waals surface area (Å²) >= 11 is 0. The molecule has 1 fully saturated rings. The monoisotopic (exact) mass is 216 g/mol. The van der Waals surface area contributed by atoms with Crippen molar-refractivity contribution in [1.82, 2.24) is 4.90 Å². The number of carboxylic acid groups (broad SMARTS) is 1. The van der Waals surface area contributed by atoms with Gasteiger partial charge in [0.05, 0.1) is 0 Å². The van der Waals surface area contributed by atoms with E-state index in [0.29, 0.717) is 19.6 Å². The molecule has 88 valence electrons. The summed E-state index contributed by atoms with van der Waals surface area (Å²) in [6.07, 6.45) is 1.36. The molecule has 1 heterocycles. The molecule has 0 amide bonds. The van der Waals surface area contributed by atoms with Gasteiger partial charge in [0.1, 0.15) is 5.54 Å². The Morgan fingerprint density at radius 1 is 1.73 bits per heavy atom. The van der Waals surface area contributed by atoms with Crippen molar-refractivity contribution in [3.05, 3.63) is 0 Å². The Bertz CT molecular complexity index is 235. The lowest BCUT2D eigenvalue weighted by molar-refractivity contribution is -0.151. The minimum Gasteiger partial charge on any atom is -0.480 e. The number of hydrogen-bond donors (Lipinski definition) is 2. The summed E-state index contributed by atoms with van der Waals surface area (Å²) in [4.78, 5) is 13.2. The second kappa shape index (κ2) is 4.92. The molecule has 0 bridgehead atoms. The number of nitrogens with two attached hydrogens (primary N) is 1. The molecule has 1 saturated heterocycles. The molecule has 0 saturated carbocycles. The van der Waals surface area contributed by atoms with Crippen LogP contribution in [0.25, 0.3) is 0 Å². The number of ether oxygens (including phenoxy) is 1. The molecule has 5 heteroatoms. The molecule has 0 aromatic heterocycles. The standard InChI is InChI=1S/C10H20N2O3/c1-10(9(13)14,4-6-15-2)12-5-3-8(11)7-12/h8H,3-7,11H2,1-2H3,(H,13,14). The molecule has 3 N–H and O–H groups in total. The average molecular weight is 216 g/mol. The minimum absolute atomic E-state index is 0.103. The van der Waals surface area contributed by atoms with Crippen LogP contribution in [-0.2, 0) is 9.53 Å². The van der Waals surface area contributed by atoms with Gasteiger partial charge in [-0.1, -0.05) is 0 Å². The first-order chi connectivity index (χ1) is 7.00. The van der Waals surface area contributed by atoms with Gasteiger partial charge in [0, 0.05) is 32.8 Å². The normalized spacial score (nSPS) is 26.5. The molecular weight excluding hydrogens is 196 g/mol. The zero-order valence-electron chi connectivity index (χ0n) is 9.40. The van der Waals surface area contributed by atoms with E-state index in [1.807, 2.05) is 4.90 Å². The summed E-state index contributed by atoms with van der Waals surface area (Å²) in [6, 6.07) is 0.103. The topological polar surface area (TPSA) is 75.8 Å². The molecular formula is C10H20N2O3. The summed E-state index contributed by atoms with van der Waals surface area (Å²) < 4.78 is 4.95. The highest BCUT2D eigenvalue weighted by Crippen LogP contribution is 2.24. The van der Waals surface area contributed by atoms with Crippen LogP contribution in [-0.4, -0.2) is 54.4 Å². The van der Waals surface area contributed by atoms with E-state index < -0.39 is 11.5 Å². The molecule has 0 aliphatic carbocycles. The summed E-state index contributed by atoms with van der Waals surface area (Å²) in [5.74, 6) is -0.798. The molecule has 0 aromatic carbocycles. The van der Waals surface area contributed by atoms with Crippen LogP contribution in [0.15, 0.2) is 0 Å². The van der Waals surface area contributed by atoms with Crippen molar-refractivity contribution < 1.29 is 14.6 Å². The Labute approximate surface area is 90.2 Å². The molecule has 2 unspecified atom stereocenters. The van der Waals surface area contributed by atoms with Gasteiger partial charge < -0.3 is 15.6 Å². The van der Waals surface area contributed by atoms with Crippen LogP contribution in [0, 0.1) is 0 Å². The second-order valence-corrected chi connectivity index (χ2v) is 4.32. The third-order valence-corrected chi connectivity index (χ3v) is 3.18. The van der Waals surface area contributed by atoms with Gasteiger partial charge in [-0.2, -0.15) is 0 Å². The smallest absolute Gasteiger partial charge is 0.323 e. The molecule has 2 atom stereocenters. The van der Waals surface area contributed by atoms with Crippen LogP contribution in [0.4, 0.5) is 0 Å². The van der Waals surface area contributed by atoms with Crippen molar-refractivity contribution in [2.45, 2.75) is 31.3 Å². The van der Waals surface area contributed by atoms with Crippen LogP contribution in [0.2, 0.25) is 0 Å². The first-order valence-electron chi connectivity index (χ1n) is 5.23. The van der Waals surface area contributed by atoms with Crippen LogP contribution >= 0.6 is 0 Å². The number of rotatable bonds is 5. The zero-order chi connectivity index (χ0) is 11.5. The molecule has 0 aromatic rings. The Morgan fingerprint density at radius 3 is 2.80 bits per heavy atom. The molecule has 1 aliphatic rings. The van der Waals surface area contributed by atoms with E-state index in [0.717, 1.165) is 13.0 Å². The molecule has 0 radical (unpaired) electrons. The third-order valence-electron chi connectivity index (χ3n) is 3.18. The summed E-state index contributed by atoms with van der Waals surface area (Å²) in [5, 5.41) is 9.27. The van der Waals surface area contributed by atoms with Gasteiger partial charge in [-0.15, -0.1) is 0 Å². The van der Waals surface area contributed by atoms with E-state index >= 15 is 0 Å². The predicted octanol–water partition coefficient (Wildman–Crippen LogP) is -0.101. The highest BCUT2D eigenvalue weighted by Gasteiger charge is 2.41. The maximum Gasteiger partial charge on any atom is 0.323 e. The lowest BCUT2D eigenvalue weighted by Crippen LogP contribution is -2.52. The Hall–Kier alpha value is -0.650. The SMILES string of the molecule is COCCC(C)(C(=O)O)N1CCC(N)C1. The zero-order valence-corrected chi connectivity index (χ0v) is 9.40. The first-order valence-corrected chi connectivity index (χ1v) is 5.23. The van der Waals surface area contributed by atoms with Crippen molar-refractivity contribution >= 4 is 5.97 Å². The van der Waals surface area contributed by atoms with E-state index in [9.17, 15) is 9.90 Å². The van der Waals surface area contributed by atoms with E-state index in [4.69, 9.17) is 10.5 Å². The molecule has 0 spiro atoms. The molecule has 1 rings (SSSR count). The van der Waals surface area contributed by atoms with Gasteiger partial charge in [-0.3, -0.25) is 9.69 Å². The lowest BCUT2D eigenvalue weighted by atomic mass is 9.96. The predicted molar refractivity (Wildman–Crippen MR) is 56.7 cm³/mol. The number of aliphatic carboxylic acids is 1. The maximum absolute atomic E-state index is 11.3. The number of carbonyl (C=O) groups is 1. The van der Waals surface area contributed by atoms with E-state index in [1.54, 1.807) is 14.0 Å². The van der Waals surface area contributed by atoms with E-state index in [2.05, 4.69) is 0 Å². The second-order valence-electron chi connectivity index (χ2n) is 4.32. The van der Waals surface area contributed by atoms with Gasteiger partial charge in [0.25, 0.3) is 0 Å². The number of methoxy groups -OCH3 is 1. The fourth-order valence-electron chi connectivity index (χ4n) is 1.94. The van der Waals surface area contributed by atoms with Gasteiger partial charge in [-0.05, 0) is 19.8 Å². The van der Waals surface area contributed by atoms with E-state index in [1.165, 1.54) is 0 Å². The minimum atomic E-state index is -0.843. The Balaban J connectivity index is 2.67. The maximum atomic E-state index is 11.3. The molecule has 1 aliphatic heterocycles. The highest BCUT2D eigenvalue weighted by atomic mass is 16.5. The van der Waals surface area contributed by atoms with Crippen LogP contribution in [0.3, 0.4) is 0 Å². The van der Waals surface area contributed by atoms with Crippen molar-refractivity contribution in [1.29, 1.82) is 0 Å². The van der Waals surface area contributed by atoms with Gasteiger partial charge in [0.2, 0.25) is 0 Å². The number of likely N-dealkylation sites (tertiary alicyclic amines) is 1.